The predicted molar refractivity (Wildman–Crippen MR) is 71.0 cm³/mol. The molecule has 1 aliphatic rings. The quantitative estimate of drug-likeness (QED) is 0.784. The van der Waals surface area contributed by atoms with Crippen LogP contribution in [0.15, 0.2) is 18.2 Å². The van der Waals surface area contributed by atoms with Crippen molar-refractivity contribution in [2.24, 2.45) is 0 Å². The summed E-state index contributed by atoms with van der Waals surface area (Å²) in [7, 11) is 0. The molecule has 1 amide bonds. The van der Waals surface area contributed by atoms with E-state index in [1.807, 2.05) is 0 Å². The second kappa shape index (κ2) is 5.68. The molecule has 1 fully saturated rings. The highest BCUT2D eigenvalue weighted by Gasteiger charge is 2.42. The second-order valence-electron chi connectivity index (χ2n) is 4.62. The van der Waals surface area contributed by atoms with Gasteiger partial charge in [-0.05, 0) is 18.2 Å². The summed E-state index contributed by atoms with van der Waals surface area (Å²) >= 11 is 5.69. The summed E-state index contributed by atoms with van der Waals surface area (Å²) in [5, 5.41) is 21.8. The van der Waals surface area contributed by atoms with Crippen molar-refractivity contribution in [1.82, 2.24) is 5.32 Å². The SMILES string of the molecule is O=C(NC1(C(=O)O)CCOCC1)c1ccc(Cl)cc1O. The van der Waals surface area contributed by atoms with Crippen LogP contribution in [-0.2, 0) is 9.53 Å². The van der Waals surface area contributed by atoms with Gasteiger partial charge < -0.3 is 20.3 Å². The number of benzene rings is 1. The summed E-state index contributed by atoms with van der Waals surface area (Å²) in [5.74, 6) is -2.05. The van der Waals surface area contributed by atoms with Gasteiger partial charge in [-0.15, -0.1) is 0 Å². The topological polar surface area (TPSA) is 95.9 Å². The van der Waals surface area contributed by atoms with E-state index in [2.05, 4.69) is 5.32 Å². The van der Waals surface area contributed by atoms with Crippen molar-refractivity contribution in [2.75, 3.05) is 13.2 Å². The lowest BCUT2D eigenvalue weighted by Crippen LogP contribution is -2.57. The Hall–Kier alpha value is -1.79. The Kier molecular flexibility index (Phi) is 4.15. The molecule has 20 heavy (non-hydrogen) atoms. The molecule has 1 heterocycles. The molecule has 1 aliphatic heterocycles. The molecule has 0 aromatic heterocycles. The average Bonchev–Trinajstić information content (AvgIpc) is 2.39. The monoisotopic (exact) mass is 299 g/mol. The third kappa shape index (κ3) is 2.86. The van der Waals surface area contributed by atoms with Gasteiger partial charge in [0.1, 0.15) is 11.3 Å². The molecular weight excluding hydrogens is 286 g/mol. The van der Waals surface area contributed by atoms with Crippen LogP contribution in [0.1, 0.15) is 23.2 Å². The van der Waals surface area contributed by atoms with E-state index >= 15 is 0 Å². The first kappa shape index (κ1) is 14.6. The van der Waals surface area contributed by atoms with E-state index < -0.39 is 17.4 Å². The lowest BCUT2D eigenvalue weighted by Gasteiger charge is -2.33. The molecule has 1 aromatic rings. The van der Waals surface area contributed by atoms with Gasteiger partial charge in [0.2, 0.25) is 0 Å². The third-order valence-corrected chi connectivity index (χ3v) is 3.55. The van der Waals surface area contributed by atoms with Gasteiger partial charge in [0.25, 0.3) is 5.91 Å². The summed E-state index contributed by atoms with van der Waals surface area (Å²) in [4.78, 5) is 23.6. The van der Waals surface area contributed by atoms with E-state index in [9.17, 15) is 19.8 Å². The summed E-state index contributed by atoms with van der Waals surface area (Å²) in [5.41, 5.74) is -1.37. The molecular formula is C13H14ClNO5. The van der Waals surface area contributed by atoms with Crippen LogP contribution in [-0.4, -0.2) is 40.8 Å². The van der Waals surface area contributed by atoms with Gasteiger partial charge in [0, 0.05) is 31.1 Å². The molecule has 0 atom stereocenters. The predicted octanol–water partition coefficient (Wildman–Crippen LogP) is 1.41. The van der Waals surface area contributed by atoms with Crippen molar-refractivity contribution < 1.29 is 24.5 Å². The largest absolute Gasteiger partial charge is 0.507 e. The number of rotatable bonds is 3. The molecule has 2 rings (SSSR count). The van der Waals surface area contributed by atoms with E-state index in [1.165, 1.54) is 18.2 Å². The first-order valence-electron chi connectivity index (χ1n) is 6.07. The van der Waals surface area contributed by atoms with Crippen molar-refractivity contribution in [3.8, 4) is 5.75 Å². The van der Waals surface area contributed by atoms with Crippen LogP contribution >= 0.6 is 11.6 Å². The molecule has 0 radical (unpaired) electrons. The van der Waals surface area contributed by atoms with Gasteiger partial charge in [0.15, 0.2) is 0 Å². The third-order valence-electron chi connectivity index (χ3n) is 3.31. The van der Waals surface area contributed by atoms with Crippen LogP contribution in [0.5, 0.6) is 5.75 Å². The summed E-state index contributed by atoms with van der Waals surface area (Å²) in [6.45, 7) is 0.526. The number of carboxylic acid groups (broad SMARTS) is 1. The van der Waals surface area contributed by atoms with Gasteiger partial charge >= 0.3 is 5.97 Å². The number of aliphatic carboxylic acids is 1. The molecule has 0 spiro atoms. The number of halogens is 1. The molecule has 6 nitrogen and oxygen atoms in total. The lowest BCUT2D eigenvalue weighted by atomic mass is 9.89. The minimum atomic E-state index is -1.36. The normalized spacial score (nSPS) is 17.4. The van der Waals surface area contributed by atoms with Gasteiger partial charge in [-0.3, -0.25) is 4.79 Å². The highest BCUT2D eigenvalue weighted by atomic mass is 35.5. The Labute approximate surface area is 120 Å². The number of carbonyl (C=O) groups excluding carboxylic acids is 1. The number of hydrogen-bond acceptors (Lipinski definition) is 4. The zero-order valence-electron chi connectivity index (χ0n) is 10.6. The van der Waals surface area contributed by atoms with Crippen molar-refractivity contribution in [3.05, 3.63) is 28.8 Å². The maximum atomic E-state index is 12.1. The molecule has 0 bridgehead atoms. The fraction of sp³-hybridized carbons (Fsp3) is 0.385. The number of nitrogens with one attached hydrogen (secondary N) is 1. The van der Waals surface area contributed by atoms with Gasteiger partial charge in [-0.25, -0.2) is 4.79 Å². The number of phenolic OH excluding ortho intramolecular Hbond substituents is 1. The lowest BCUT2D eigenvalue weighted by molar-refractivity contribution is -0.148. The average molecular weight is 300 g/mol. The Morgan fingerprint density at radius 3 is 2.50 bits per heavy atom. The zero-order chi connectivity index (χ0) is 14.8. The number of aromatic hydroxyl groups is 1. The Balaban J connectivity index is 2.22. The van der Waals surface area contributed by atoms with E-state index in [4.69, 9.17) is 16.3 Å². The van der Waals surface area contributed by atoms with Crippen LogP contribution in [0, 0.1) is 0 Å². The first-order chi connectivity index (χ1) is 9.44. The number of ether oxygens (including phenoxy) is 1. The van der Waals surface area contributed by atoms with Crippen molar-refractivity contribution >= 4 is 23.5 Å². The second-order valence-corrected chi connectivity index (χ2v) is 5.05. The number of carbonyl (C=O) groups is 2. The minimum absolute atomic E-state index is 0.0125. The minimum Gasteiger partial charge on any atom is -0.507 e. The smallest absolute Gasteiger partial charge is 0.329 e. The molecule has 108 valence electrons. The van der Waals surface area contributed by atoms with Crippen molar-refractivity contribution in [2.45, 2.75) is 18.4 Å². The molecule has 1 saturated heterocycles. The maximum absolute atomic E-state index is 12.1. The Bertz CT molecular complexity index is 540. The molecule has 1 aromatic carbocycles. The highest BCUT2D eigenvalue weighted by Crippen LogP contribution is 2.25. The van der Waals surface area contributed by atoms with Crippen LogP contribution in [0.3, 0.4) is 0 Å². The Morgan fingerprint density at radius 2 is 1.95 bits per heavy atom. The standard InChI is InChI=1S/C13H14ClNO5/c14-8-1-2-9(10(16)7-8)11(17)15-13(12(18)19)3-5-20-6-4-13/h1-2,7,16H,3-6H2,(H,15,17)(H,18,19). The van der Waals surface area contributed by atoms with Gasteiger partial charge in [-0.1, -0.05) is 11.6 Å². The number of carboxylic acids is 1. The zero-order valence-corrected chi connectivity index (χ0v) is 11.3. The fourth-order valence-electron chi connectivity index (χ4n) is 2.09. The van der Waals surface area contributed by atoms with Crippen LogP contribution in [0.2, 0.25) is 5.02 Å². The van der Waals surface area contributed by atoms with Crippen molar-refractivity contribution in [3.63, 3.8) is 0 Å². The van der Waals surface area contributed by atoms with E-state index in [0.717, 1.165) is 0 Å². The molecule has 7 heteroatoms. The van der Waals surface area contributed by atoms with E-state index in [-0.39, 0.29) is 42.4 Å². The Morgan fingerprint density at radius 1 is 1.30 bits per heavy atom. The van der Waals surface area contributed by atoms with Gasteiger partial charge in [-0.2, -0.15) is 0 Å². The van der Waals surface area contributed by atoms with Crippen LogP contribution < -0.4 is 5.32 Å². The van der Waals surface area contributed by atoms with E-state index in [0.29, 0.717) is 0 Å². The summed E-state index contributed by atoms with van der Waals surface area (Å²) in [6.07, 6.45) is 0.366. The number of phenols is 1. The molecule has 0 aliphatic carbocycles. The fourth-order valence-corrected chi connectivity index (χ4v) is 2.26. The van der Waals surface area contributed by atoms with Crippen molar-refractivity contribution in [1.29, 1.82) is 0 Å². The van der Waals surface area contributed by atoms with Crippen LogP contribution in [0.4, 0.5) is 0 Å². The molecule has 3 N–H and O–H groups in total. The van der Waals surface area contributed by atoms with Crippen LogP contribution in [0.25, 0.3) is 0 Å². The molecule has 0 unspecified atom stereocenters. The number of amides is 1. The highest BCUT2D eigenvalue weighted by molar-refractivity contribution is 6.30. The number of hydrogen-bond donors (Lipinski definition) is 3. The maximum Gasteiger partial charge on any atom is 0.329 e. The summed E-state index contributed by atoms with van der Waals surface area (Å²) < 4.78 is 5.12. The summed E-state index contributed by atoms with van der Waals surface area (Å²) in [6, 6.07) is 4.03. The van der Waals surface area contributed by atoms with E-state index in [1.54, 1.807) is 0 Å². The van der Waals surface area contributed by atoms with Gasteiger partial charge in [0.05, 0.1) is 5.56 Å². The molecule has 0 saturated carbocycles. The first-order valence-corrected chi connectivity index (χ1v) is 6.44.